The predicted molar refractivity (Wildman–Crippen MR) is 68.0 cm³/mol. The Kier molecular flexibility index (Phi) is 2.85. The van der Waals surface area contributed by atoms with Gasteiger partial charge in [-0.1, -0.05) is 22.8 Å². The monoisotopic (exact) mass is 280 g/mol. The van der Waals surface area contributed by atoms with Crippen LogP contribution in [0, 0.1) is 5.82 Å². The van der Waals surface area contributed by atoms with Gasteiger partial charge in [0.25, 0.3) is 5.89 Å². The molecule has 90 valence electrons. The molecule has 1 aromatic carbocycles. The second kappa shape index (κ2) is 4.51. The molecule has 2 heterocycles. The van der Waals surface area contributed by atoms with Crippen molar-refractivity contribution in [1.29, 1.82) is 0 Å². The summed E-state index contributed by atoms with van der Waals surface area (Å²) in [5.74, 6) is 0.128. The summed E-state index contributed by atoms with van der Waals surface area (Å²) >= 11 is 7.17. The van der Waals surface area contributed by atoms with Crippen LogP contribution in [0.15, 0.2) is 40.2 Å². The van der Waals surface area contributed by atoms with Crippen LogP contribution in [0.4, 0.5) is 4.39 Å². The van der Waals surface area contributed by atoms with Crippen LogP contribution < -0.4 is 0 Å². The summed E-state index contributed by atoms with van der Waals surface area (Å²) in [6, 6.07) is 8.08. The summed E-state index contributed by atoms with van der Waals surface area (Å²) in [5, 5.41) is 6.01. The minimum Gasteiger partial charge on any atom is -0.333 e. The minimum absolute atomic E-state index is 0.215. The van der Waals surface area contributed by atoms with Crippen LogP contribution in [0.25, 0.3) is 22.2 Å². The third-order valence-corrected chi connectivity index (χ3v) is 3.42. The fourth-order valence-corrected chi connectivity index (χ4v) is 2.31. The lowest BCUT2D eigenvalue weighted by molar-refractivity contribution is 0.433. The van der Waals surface area contributed by atoms with Crippen molar-refractivity contribution in [1.82, 2.24) is 10.1 Å². The summed E-state index contributed by atoms with van der Waals surface area (Å²) in [4.78, 5) is 5.01. The molecule has 0 amide bonds. The molecule has 0 radical (unpaired) electrons. The van der Waals surface area contributed by atoms with E-state index in [4.69, 9.17) is 16.1 Å². The van der Waals surface area contributed by atoms with Crippen LogP contribution in [0.2, 0.25) is 5.02 Å². The zero-order chi connectivity index (χ0) is 12.5. The molecule has 0 bridgehead atoms. The molecule has 0 saturated carbocycles. The van der Waals surface area contributed by atoms with Crippen molar-refractivity contribution in [3.63, 3.8) is 0 Å². The van der Waals surface area contributed by atoms with Gasteiger partial charge in [0, 0.05) is 5.02 Å². The van der Waals surface area contributed by atoms with E-state index in [2.05, 4.69) is 10.1 Å². The van der Waals surface area contributed by atoms with Gasteiger partial charge in [0.1, 0.15) is 5.82 Å². The van der Waals surface area contributed by atoms with Crippen molar-refractivity contribution >= 4 is 22.9 Å². The lowest BCUT2D eigenvalue weighted by atomic mass is 10.2. The van der Waals surface area contributed by atoms with E-state index in [0.29, 0.717) is 10.9 Å². The van der Waals surface area contributed by atoms with Crippen molar-refractivity contribution in [3.8, 4) is 22.2 Å². The highest BCUT2D eigenvalue weighted by molar-refractivity contribution is 7.13. The highest BCUT2D eigenvalue weighted by atomic mass is 35.5. The molecule has 0 N–H and O–H groups in total. The zero-order valence-corrected chi connectivity index (χ0v) is 10.5. The Bertz CT molecular complexity index is 681. The summed E-state index contributed by atoms with van der Waals surface area (Å²) < 4.78 is 18.8. The molecule has 3 aromatic rings. The van der Waals surface area contributed by atoms with Gasteiger partial charge in [-0.05, 0) is 29.6 Å². The van der Waals surface area contributed by atoms with E-state index in [9.17, 15) is 4.39 Å². The third kappa shape index (κ3) is 2.02. The zero-order valence-electron chi connectivity index (χ0n) is 8.93. The van der Waals surface area contributed by atoms with E-state index in [-0.39, 0.29) is 11.4 Å². The molecule has 0 aliphatic rings. The van der Waals surface area contributed by atoms with Crippen molar-refractivity contribution in [2.75, 3.05) is 0 Å². The number of thiophene rings is 1. The molecule has 0 fully saturated rings. The van der Waals surface area contributed by atoms with E-state index in [1.165, 1.54) is 23.5 Å². The predicted octanol–water partition coefficient (Wildman–Crippen LogP) is 4.26. The molecule has 18 heavy (non-hydrogen) atoms. The van der Waals surface area contributed by atoms with Gasteiger partial charge in [-0.15, -0.1) is 11.3 Å². The van der Waals surface area contributed by atoms with E-state index >= 15 is 0 Å². The molecular formula is C12H6ClFN2OS. The first-order valence-corrected chi connectivity index (χ1v) is 6.33. The Morgan fingerprint density at radius 2 is 2.17 bits per heavy atom. The third-order valence-electron chi connectivity index (χ3n) is 2.33. The van der Waals surface area contributed by atoms with Crippen LogP contribution >= 0.6 is 22.9 Å². The van der Waals surface area contributed by atoms with Gasteiger partial charge in [0.05, 0.1) is 10.4 Å². The van der Waals surface area contributed by atoms with E-state index in [1.54, 1.807) is 6.07 Å². The topological polar surface area (TPSA) is 38.9 Å². The normalized spacial score (nSPS) is 10.8. The highest BCUT2D eigenvalue weighted by Gasteiger charge is 2.14. The van der Waals surface area contributed by atoms with E-state index in [1.807, 2.05) is 17.5 Å². The average Bonchev–Trinajstić information content (AvgIpc) is 2.99. The first kappa shape index (κ1) is 11.4. The molecule has 0 spiro atoms. The fourth-order valence-electron chi connectivity index (χ4n) is 1.50. The Hall–Kier alpha value is -1.72. The average molecular weight is 281 g/mol. The molecule has 3 nitrogen and oxygen atoms in total. The number of hydrogen-bond acceptors (Lipinski definition) is 4. The Balaban J connectivity index is 2.03. The van der Waals surface area contributed by atoms with Gasteiger partial charge in [0.15, 0.2) is 0 Å². The molecule has 0 aliphatic carbocycles. The quantitative estimate of drug-likeness (QED) is 0.704. The molecule has 0 unspecified atom stereocenters. The summed E-state index contributed by atoms with van der Waals surface area (Å²) in [7, 11) is 0. The smallest absolute Gasteiger partial charge is 0.268 e. The Morgan fingerprint density at radius 3 is 2.89 bits per heavy atom. The molecule has 3 rings (SSSR count). The van der Waals surface area contributed by atoms with Gasteiger partial charge in [0.2, 0.25) is 5.82 Å². The van der Waals surface area contributed by atoms with Crippen LogP contribution in [-0.2, 0) is 0 Å². The van der Waals surface area contributed by atoms with Gasteiger partial charge >= 0.3 is 0 Å². The first-order valence-electron chi connectivity index (χ1n) is 5.07. The molecule has 0 aliphatic heterocycles. The molecular weight excluding hydrogens is 275 g/mol. The van der Waals surface area contributed by atoms with Crippen molar-refractivity contribution in [2.45, 2.75) is 0 Å². The summed E-state index contributed by atoms with van der Waals surface area (Å²) in [5.41, 5.74) is 0.269. The SMILES string of the molecule is Fc1cc(Cl)ccc1-c1noc(-c2cccs2)n1. The van der Waals surface area contributed by atoms with Crippen molar-refractivity contribution in [2.24, 2.45) is 0 Å². The van der Waals surface area contributed by atoms with Gasteiger partial charge < -0.3 is 4.52 Å². The maximum atomic E-state index is 13.7. The fraction of sp³-hybridized carbons (Fsp3) is 0. The molecule has 0 saturated heterocycles. The summed E-state index contributed by atoms with van der Waals surface area (Å²) in [6.07, 6.45) is 0. The lowest BCUT2D eigenvalue weighted by Crippen LogP contribution is -1.86. The highest BCUT2D eigenvalue weighted by Crippen LogP contribution is 2.27. The first-order chi connectivity index (χ1) is 8.74. The number of aromatic nitrogens is 2. The molecule has 2 aromatic heterocycles. The lowest BCUT2D eigenvalue weighted by Gasteiger charge is -1.96. The minimum atomic E-state index is -0.471. The number of nitrogens with zero attached hydrogens (tertiary/aromatic N) is 2. The van der Waals surface area contributed by atoms with Crippen LogP contribution in [-0.4, -0.2) is 10.1 Å². The van der Waals surface area contributed by atoms with Crippen molar-refractivity contribution in [3.05, 3.63) is 46.6 Å². The van der Waals surface area contributed by atoms with Gasteiger partial charge in [-0.2, -0.15) is 4.98 Å². The maximum Gasteiger partial charge on any atom is 0.268 e. The molecule has 0 atom stereocenters. The van der Waals surface area contributed by atoms with Crippen LogP contribution in [0.1, 0.15) is 0 Å². The number of rotatable bonds is 2. The van der Waals surface area contributed by atoms with Gasteiger partial charge in [-0.25, -0.2) is 4.39 Å². The van der Waals surface area contributed by atoms with Crippen molar-refractivity contribution < 1.29 is 8.91 Å². The standard InChI is InChI=1S/C12H6ClFN2OS/c13-7-3-4-8(9(14)6-7)11-15-12(17-16-11)10-2-1-5-18-10/h1-6H. The van der Waals surface area contributed by atoms with E-state index in [0.717, 1.165) is 4.88 Å². The summed E-state index contributed by atoms with van der Waals surface area (Å²) in [6.45, 7) is 0. The van der Waals surface area contributed by atoms with Crippen LogP contribution in [0.5, 0.6) is 0 Å². The second-order valence-electron chi connectivity index (χ2n) is 3.52. The largest absolute Gasteiger partial charge is 0.333 e. The van der Waals surface area contributed by atoms with Crippen LogP contribution in [0.3, 0.4) is 0 Å². The number of hydrogen-bond donors (Lipinski definition) is 0. The molecule has 6 heteroatoms. The second-order valence-corrected chi connectivity index (χ2v) is 4.91. The maximum absolute atomic E-state index is 13.7. The van der Waals surface area contributed by atoms with E-state index < -0.39 is 5.82 Å². The van der Waals surface area contributed by atoms with Gasteiger partial charge in [-0.3, -0.25) is 0 Å². The Morgan fingerprint density at radius 1 is 1.28 bits per heavy atom. The number of halogens is 2. The Labute approximate surface area is 111 Å². The number of benzene rings is 1.